The van der Waals surface area contributed by atoms with Crippen molar-refractivity contribution in [2.45, 2.75) is 13.8 Å². The Morgan fingerprint density at radius 1 is 1.08 bits per heavy atom. The maximum atomic E-state index is 12.1. The van der Waals surface area contributed by atoms with Gasteiger partial charge in [0.05, 0.1) is 10.6 Å². The van der Waals surface area contributed by atoms with E-state index in [9.17, 15) is 4.79 Å². The van der Waals surface area contributed by atoms with E-state index in [1.807, 2.05) is 32.0 Å². The summed E-state index contributed by atoms with van der Waals surface area (Å²) >= 11 is 6.19. The number of hydrogen-bond donors (Lipinski definition) is 2. The number of rotatable bonds is 3. The SMILES string of the molecule is CNC(=O)c1cc(-c2ccnc(C)c2-c2ccc(N)nc2C)ccc1Cl. The molecule has 1 aromatic carbocycles. The minimum atomic E-state index is -0.227. The molecule has 3 aromatic rings. The second kappa shape index (κ2) is 7.14. The highest BCUT2D eigenvalue weighted by Crippen LogP contribution is 2.36. The Morgan fingerprint density at radius 2 is 1.85 bits per heavy atom. The Morgan fingerprint density at radius 3 is 2.54 bits per heavy atom. The van der Waals surface area contributed by atoms with Crippen LogP contribution in [0.2, 0.25) is 5.02 Å². The second-order valence-corrected chi connectivity index (χ2v) is 6.37. The lowest BCUT2D eigenvalue weighted by Crippen LogP contribution is -2.18. The van der Waals surface area contributed by atoms with Gasteiger partial charge >= 0.3 is 0 Å². The van der Waals surface area contributed by atoms with Gasteiger partial charge in [-0.3, -0.25) is 9.78 Å². The molecule has 0 bridgehead atoms. The van der Waals surface area contributed by atoms with Crippen molar-refractivity contribution in [2.75, 3.05) is 12.8 Å². The number of nitrogen functional groups attached to an aromatic ring is 1. The van der Waals surface area contributed by atoms with Crippen LogP contribution in [0, 0.1) is 13.8 Å². The molecule has 3 N–H and O–H groups in total. The van der Waals surface area contributed by atoms with Gasteiger partial charge in [0.1, 0.15) is 5.82 Å². The van der Waals surface area contributed by atoms with Crippen LogP contribution in [0.5, 0.6) is 0 Å². The summed E-state index contributed by atoms with van der Waals surface area (Å²) in [6.07, 6.45) is 1.75. The molecule has 0 radical (unpaired) electrons. The first-order valence-corrected chi connectivity index (χ1v) is 8.51. The fourth-order valence-electron chi connectivity index (χ4n) is 2.99. The highest BCUT2D eigenvalue weighted by Gasteiger charge is 2.16. The molecule has 5 nitrogen and oxygen atoms in total. The molecular formula is C20H19ClN4O. The van der Waals surface area contributed by atoms with Gasteiger partial charge in [0.15, 0.2) is 0 Å². The number of aromatic nitrogens is 2. The quantitative estimate of drug-likeness (QED) is 0.733. The molecule has 132 valence electrons. The number of nitrogens with one attached hydrogen (secondary N) is 1. The van der Waals surface area contributed by atoms with E-state index in [2.05, 4.69) is 15.3 Å². The van der Waals surface area contributed by atoms with E-state index in [4.69, 9.17) is 17.3 Å². The van der Waals surface area contributed by atoms with Gasteiger partial charge in [0.25, 0.3) is 5.91 Å². The Balaban J connectivity index is 2.25. The van der Waals surface area contributed by atoms with Crippen LogP contribution in [0.15, 0.2) is 42.6 Å². The molecule has 0 saturated heterocycles. The van der Waals surface area contributed by atoms with Crippen LogP contribution in [0.25, 0.3) is 22.3 Å². The summed E-state index contributed by atoms with van der Waals surface area (Å²) in [6.45, 7) is 3.87. The molecular weight excluding hydrogens is 348 g/mol. The molecule has 0 unspecified atom stereocenters. The van der Waals surface area contributed by atoms with Crippen molar-refractivity contribution >= 4 is 23.3 Å². The Hall–Kier alpha value is -2.92. The summed E-state index contributed by atoms with van der Waals surface area (Å²) in [7, 11) is 1.58. The molecule has 0 aliphatic heterocycles. The number of halogens is 1. The van der Waals surface area contributed by atoms with Crippen LogP contribution in [0.3, 0.4) is 0 Å². The van der Waals surface area contributed by atoms with Gasteiger partial charge < -0.3 is 11.1 Å². The summed E-state index contributed by atoms with van der Waals surface area (Å²) in [5.41, 5.74) is 11.7. The summed E-state index contributed by atoms with van der Waals surface area (Å²) in [4.78, 5) is 20.9. The third kappa shape index (κ3) is 3.26. The van der Waals surface area contributed by atoms with Crippen LogP contribution >= 0.6 is 11.6 Å². The van der Waals surface area contributed by atoms with Crippen molar-refractivity contribution in [3.8, 4) is 22.3 Å². The predicted octanol–water partition coefficient (Wildman–Crippen LogP) is 4.02. The molecule has 6 heteroatoms. The fourth-order valence-corrected chi connectivity index (χ4v) is 3.20. The number of aryl methyl sites for hydroxylation is 2. The maximum absolute atomic E-state index is 12.1. The van der Waals surface area contributed by atoms with Crippen LogP contribution in [0.4, 0.5) is 5.82 Å². The van der Waals surface area contributed by atoms with Gasteiger partial charge in [-0.1, -0.05) is 17.7 Å². The first kappa shape index (κ1) is 17.9. The summed E-state index contributed by atoms with van der Waals surface area (Å²) in [6, 6.07) is 11.1. The fraction of sp³-hybridized carbons (Fsp3) is 0.150. The minimum absolute atomic E-state index is 0.227. The summed E-state index contributed by atoms with van der Waals surface area (Å²) < 4.78 is 0. The van der Waals surface area contributed by atoms with E-state index in [1.54, 1.807) is 31.4 Å². The number of hydrogen-bond acceptors (Lipinski definition) is 4. The predicted molar refractivity (Wildman–Crippen MR) is 105 cm³/mol. The third-order valence-corrected chi connectivity index (χ3v) is 4.60. The smallest absolute Gasteiger partial charge is 0.252 e. The normalized spacial score (nSPS) is 10.6. The molecule has 26 heavy (non-hydrogen) atoms. The molecule has 3 rings (SSSR count). The van der Waals surface area contributed by atoms with Crippen LogP contribution in [-0.2, 0) is 0 Å². The van der Waals surface area contributed by atoms with Gasteiger partial charge in [-0.05, 0) is 55.3 Å². The van der Waals surface area contributed by atoms with E-state index < -0.39 is 0 Å². The van der Waals surface area contributed by atoms with Gasteiger partial charge in [-0.15, -0.1) is 0 Å². The minimum Gasteiger partial charge on any atom is -0.384 e. The standard InChI is InChI=1S/C20H19ClN4O/c1-11-14(5-7-18(22)25-11)19-12(2)24-9-8-15(19)13-4-6-17(21)16(10-13)20(26)23-3/h4-10H,1-3H3,(H2,22,25)(H,23,26). The van der Waals surface area contributed by atoms with Crippen LogP contribution in [-0.4, -0.2) is 22.9 Å². The van der Waals surface area contributed by atoms with Crippen molar-refractivity contribution in [1.82, 2.24) is 15.3 Å². The van der Waals surface area contributed by atoms with Crippen molar-refractivity contribution in [1.29, 1.82) is 0 Å². The van der Waals surface area contributed by atoms with E-state index in [1.165, 1.54) is 0 Å². The monoisotopic (exact) mass is 366 g/mol. The van der Waals surface area contributed by atoms with Crippen molar-refractivity contribution in [2.24, 2.45) is 0 Å². The number of carbonyl (C=O) groups excluding carboxylic acids is 1. The van der Waals surface area contributed by atoms with Crippen molar-refractivity contribution < 1.29 is 4.79 Å². The number of anilines is 1. The van der Waals surface area contributed by atoms with Crippen LogP contribution in [0.1, 0.15) is 21.7 Å². The Labute approximate surface area is 157 Å². The molecule has 0 saturated carbocycles. The molecule has 0 aliphatic rings. The molecule has 1 amide bonds. The number of pyridine rings is 2. The lowest BCUT2D eigenvalue weighted by Gasteiger charge is -2.15. The Bertz CT molecular complexity index is 1000. The number of benzene rings is 1. The zero-order valence-electron chi connectivity index (χ0n) is 14.8. The molecule has 0 spiro atoms. The van der Waals surface area contributed by atoms with E-state index in [-0.39, 0.29) is 5.91 Å². The maximum Gasteiger partial charge on any atom is 0.252 e. The topological polar surface area (TPSA) is 80.9 Å². The lowest BCUT2D eigenvalue weighted by atomic mass is 9.92. The average Bonchev–Trinajstić information content (AvgIpc) is 2.62. The zero-order valence-corrected chi connectivity index (χ0v) is 15.6. The molecule has 0 fully saturated rings. The largest absolute Gasteiger partial charge is 0.384 e. The number of nitrogens with two attached hydrogens (primary N) is 1. The van der Waals surface area contributed by atoms with Gasteiger partial charge in [0.2, 0.25) is 0 Å². The van der Waals surface area contributed by atoms with E-state index >= 15 is 0 Å². The first-order valence-electron chi connectivity index (χ1n) is 8.13. The average molecular weight is 367 g/mol. The molecule has 0 aliphatic carbocycles. The van der Waals surface area contributed by atoms with Gasteiger partial charge in [0, 0.05) is 35.8 Å². The summed E-state index contributed by atoms with van der Waals surface area (Å²) in [5, 5.41) is 3.02. The highest BCUT2D eigenvalue weighted by atomic mass is 35.5. The lowest BCUT2D eigenvalue weighted by molar-refractivity contribution is 0.0963. The Kier molecular flexibility index (Phi) is 4.91. The number of nitrogens with zero attached hydrogens (tertiary/aromatic N) is 2. The van der Waals surface area contributed by atoms with Crippen LogP contribution < -0.4 is 11.1 Å². The van der Waals surface area contributed by atoms with Gasteiger partial charge in [-0.2, -0.15) is 0 Å². The summed E-state index contributed by atoms with van der Waals surface area (Å²) in [5.74, 6) is 0.247. The van der Waals surface area contributed by atoms with Crippen molar-refractivity contribution in [3.63, 3.8) is 0 Å². The molecule has 2 aromatic heterocycles. The third-order valence-electron chi connectivity index (χ3n) is 4.27. The number of amides is 1. The molecule has 2 heterocycles. The molecule has 0 atom stereocenters. The van der Waals surface area contributed by atoms with E-state index in [0.717, 1.165) is 33.6 Å². The van der Waals surface area contributed by atoms with Gasteiger partial charge in [-0.25, -0.2) is 4.98 Å². The first-order chi connectivity index (χ1) is 12.4. The second-order valence-electron chi connectivity index (χ2n) is 5.96. The van der Waals surface area contributed by atoms with E-state index in [0.29, 0.717) is 16.4 Å². The highest BCUT2D eigenvalue weighted by molar-refractivity contribution is 6.34. The number of carbonyl (C=O) groups is 1. The van der Waals surface area contributed by atoms with Crippen molar-refractivity contribution in [3.05, 3.63) is 64.6 Å². The zero-order chi connectivity index (χ0) is 18.8.